The second-order valence-corrected chi connectivity index (χ2v) is 5.17. The van der Waals surface area contributed by atoms with E-state index in [0.29, 0.717) is 0 Å². The van der Waals surface area contributed by atoms with Crippen molar-refractivity contribution in [3.63, 3.8) is 0 Å². The number of rotatable bonds is 9. The number of methoxy groups -OCH3 is 2. The zero-order valence-electron chi connectivity index (χ0n) is 13.7. The van der Waals surface area contributed by atoms with Gasteiger partial charge in [0.15, 0.2) is 5.75 Å². The molecule has 0 saturated heterocycles. The van der Waals surface area contributed by atoms with Gasteiger partial charge in [0.2, 0.25) is 0 Å². The lowest BCUT2D eigenvalue weighted by molar-refractivity contribution is -0.0327. The molecule has 1 aromatic heterocycles. The largest absolute Gasteiger partial charge is 0.493 e. The summed E-state index contributed by atoms with van der Waals surface area (Å²) in [4.78, 5) is 0. The molecule has 0 bridgehead atoms. The predicted octanol–water partition coefficient (Wildman–Crippen LogP) is 2.77. The zero-order chi connectivity index (χ0) is 15.2. The Kier molecular flexibility index (Phi) is 6.49. The third-order valence-electron chi connectivity index (χ3n) is 4.02. The van der Waals surface area contributed by atoms with Gasteiger partial charge in [-0.3, -0.25) is 4.68 Å². The molecule has 0 aliphatic heterocycles. The van der Waals surface area contributed by atoms with Crippen molar-refractivity contribution in [2.75, 3.05) is 20.8 Å². The van der Waals surface area contributed by atoms with Gasteiger partial charge in [0.1, 0.15) is 5.69 Å². The first-order valence-electron chi connectivity index (χ1n) is 7.46. The van der Waals surface area contributed by atoms with Crippen molar-refractivity contribution < 1.29 is 9.47 Å². The van der Waals surface area contributed by atoms with Crippen LogP contribution in [0, 0.1) is 0 Å². The molecule has 1 N–H and O–H groups in total. The fraction of sp³-hybridized carbons (Fsp3) is 0.800. The molecule has 2 atom stereocenters. The summed E-state index contributed by atoms with van der Waals surface area (Å²) in [7, 11) is 3.46. The molecule has 0 aromatic carbocycles. The minimum Gasteiger partial charge on any atom is -0.493 e. The lowest BCUT2D eigenvalue weighted by Gasteiger charge is -2.37. The average molecular weight is 283 g/mol. The van der Waals surface area contributed by atoms with Crippen molar-refractivity contribution in [3.05, 3.63) is 11.9 Å². The molecule has 20 heavy (non-hydrogen) atoms. The first-order chi connectivity index (χ1) is 9.57. The maximum absolute atomic E-state index is 5.81. The smallest absolute Gasteiger partial charge is 0.161 e. The van der Waals surface area contributed by atoms with Gasteiger partial charge in [0.05, 0.1) is 24.9 Å². The lowest BCUT2D eigenvalue weighted by Crippen LogP contribution is -2.44. The van der Waals surface area contributed by atoms with Crippen LogP contribution in [-0.4, -0.2) is 36.1 Å². The lowest BCUT2D eigenvalue weighted by atomic mass is 9.90. The van der Waals surface area contributed by atoms with E-state index < -0.39 is 0 Å². The minimum absolute atomic E-state index is 0.0508. The highest BCUT2D eigenvalue weighted by Gasteiger charge is 2.37. The quantitative estimate of drug-likeness (QED) is 0.757. The summed E-state index contributed by atoms with van der Waals surface area (Å²) in [5, 5.41) is 8.01. The number of hydrogen-bond acceptors (Lipinski definition) is 4. The van der Waals surface area contributed by atoms with Crippen LogP contribution in [0.2, 0.25) is 0 Å². The Balaban J connectivity index is 3.25. The van der Waals surface area contributed by atoms with E-state index in [0.717, 1.165) is 37.4 Å². The van der Waals surface area contributed by atoms with Gasteiger partial charge in [-0.2, -0.15) is 5.10 Å². The van der Waals surface area contributed by atoms with Crippen LogP contribution in [0.4, 0.5) is 0 Å². The third kappa shape index (κ3) is 3.33. The van der Waals surface area contributed by atoms with Gasteiger partial charge in [0.25, 0.3) is 0 Å². The molecule has 0 saturated carbocycles. The summed E-state index contributed by atoms with van der Waals surface area (Å²) < 4.78 is 13.3. The van der Waals surface area contributed by atoms with E-state index in [4.69, 9.17) is 9.47 Å². The van der Waals surface area contributed by atoms with E-state index in [1.807, 2.05) is 4.68 Å². The number of aromatic nitrogens is 2. The molecule has 0 spiro atoms. The van der Waals surface area contributed by atoms with Crippen molar-refractivity contribution in [2.24, 2.45) is 0 Å². The Bertz CT molecular complexity index is 378. The second kappa shape index (κ2) is 7.64. The van der Waals surface area contributed by atoms with E-state index in [2.05, 4.69) is 38.1 Å². The molecule has 5 heteroatoms. The Hall–Kier alpha value is -1.07. The Morgan fingerprint density at radius 2 is 2.05 bits per heavy atom. The molecule has 0 fully saturated rings. The molecule has 0 amide bonds. The van der Waals surface area contributed by atoms with E-state index >= 15 is 0 Å². The minimum atomic E-state index is -0.296. The molecule has 5 nitrogen and oxygen atoms in total. The average Bonchev–Trinajstić information content (AvgIpc) is 2.90. The fourth-order valence-electron chi connectivity index (χ4n) is 2.43. The Labute approximate surface area is 122 Å². The van der Waals surface area contributed by atoms with Gasteiger partial charge in [0, 0.05) is 13.7 Å². The highest BCUT2D eigenvalue weighted by atomic mass is 16.5. The van der Waals surface area contributed by atoms with E-state index in [1.54, 1.807) is 20.4 Å². The zero-order valence-corrected chi connectivity index (χ0v) is 13.7. The van der Waals surface area contributed by atoms with Crippen LogP contribution in [-0.2, 0) is 11.3 Å². The number of nitrogens with one attached hydrogen (secondary N) is 1. The molecule has 0 radical (unpaired) electrons. The first kappa shape index (κ1) is 17.0. The number of hydrogen-bond donors (Lipinski definition) is 1. The number of ether oxygens (including phenoxy) is 2. The predicted molar refractivity (Wildman–Crippen MR) is 81.2 cm³/mol. The number of aryl methyl sites for hydroxylation is 1. The second-order valence-electron chi connectivity index (χ2n) is 5.17. The summed E-state index contributed by atoms with van der Waals surface area (Å²) in [5.41, 5.74) is 0.768. The van der Waals surface area contributed by atoms with Crippen LogP contribution in [0.25, 0.3) is 0 Å². The molecular weight excluding hydrogens is 254 g/mol. The van der Waals surface area contributed by atoms with Crippen molar-refractivity contribution in [1.82, 2.24) is 15.1 Å². The summed E-state index contributed by atoms with van der Waals surface area (Å²) in [5.74, 6) is 0.817. The molecule has 116 valence electrons. The molecular formula is C15H29N3O2. The molecule has 1 aromatic rings. The highest BCUT2D eigenvalue weighted by Crippen LogP contribution is 2.36. The molecule has 0 aliphatic carbocycles. The van der Waals surface area contributed by atoms with Crippen LogP contribution in [0.1, 0.15) is 52.3 Å². The van der Waals surface area contributed by atoms with E-state index in [-0.39, 0.29) is 11.6 Å². The SMILES string of the molecule is CCCNC(c1c(OC)cnn1CC)C(C)(CC)OC. The van der Waals surface area contributed by atoms with Crippen LogP contribution in [0.15, 0.2) is 6.20 Å². The van der Waals surface area contributed by atoms with Crippen molar-refractivity contribution in [3.8, 4) is 5.75 Å². The van der Waals surface area contributed by atoms with Gasteiger partial charge < -0.3 is 14.8 Å². The topological polar surface area (TPSA) is 48.3 Å². The van der Waals surface area contributed by atoms with E-state index in [9.17, 15) is 0 Å². The highest BCUT2D eigenvalue weighted by molar-refractivity contribution is 5.30. The van der Waals surface area contributed by atoms with E-state index in [1.165, 1.54) is 0 Å². The van der Waals surface area contributed by atoms with Gasteiger partial charge in [-0.15, -0.1) is 0 Å². The first-order valence-corrected chi connectivity index (χ1v) is 7.46. The number of nitrogens with zero attached hydrogens (tertiary/aromatic N) is 2. The molecule has 1 heterocycles. The molecule has 0 aliphatic rings. The van der Waals surface area contributed by atoms with Gasteiger partial charge in [-0.25, -0.2) is 0 Å². The van der Waals surface area contributed by atoms with Gasteiger partial charge >= 0.3 is 0 Å². The van der Waals surface area contributed by atoms with Crippen LogP contribution in [0.3, 0.4) is 0 Å². The van der Waals surface area contributed by atoms with Crippen molar-refractivity contribution in [1.29, 1.82) is 0 Å². The third-order valence-corrected chi connectivity index (χ3v) is 4.02. The normalized spacial score (nSPS) is 15.9. The van der Waals surface area contributed by atoms with Crippen LogP contribution < -0.4 is 10.1 Å². The van der Waals surface area contributed by atoms with Gasteiger partial charge in [-0.1, -0.05) is 13.8 Å². The Morgan fingerprint density at radius 1 is 1.35 bits per heavy atom. The van der Waals surface area contributed by atoms with Gasteiger partial charge in [-0.05, 0) is 33.2 Å². The molecule has 2 unspecified atom stereocenters. The summed E-state index contributed by atoms with van der Waals surface area (Å²) in [6.07, 6.45) is 3.76. The monoisotopic (exact) mass is 283 g/mol. The van der Waals surface area contributed by atoms with Crippen molar-refractivity contribution in [2.45, 2.75) is 58.7 Å². The summed E-state index contributed by atoms with van der Waals surface area (Å²) >= 11 is 0. The maximum atomic E-state index is 5.81. The molecule has 1 rings (SSSR count). The van der Waals surface area contributed by atoms with Crippen LogP contribution >= 0.6 is 0 Å². The van der Waals surface area contributed by atoms with Crippen LogP contribution in [0.5, 0.6) is 5.75 Å². The maximum Gasteiger partial charge on any atom is 0.161 e. The fourth-order valence-corrected chi connectivity index (χ4v) is 2.43. The Morgan fingerprint density at radius 3 is 2.50 bits per heavy atom. The summed E-state index contributed by atoms with van der Waals surface area (Å²) in [6.45, 7) is 10.3. The van der Waals surface area contributed by atoms with Crippen molar-refractivity contribution >= 4 is 0 Å². The summed E-state index contributed by atoms with van der Waals surface area (Å²) in [6, 6.07) is 0.0508. The standard InChI is InChI=1S/C15H29N3O2/c1-7-10-16-14(15(4,8-2)20-6)13-12(19-5)11-17-18(13)9-3/h11,14,16H,7-10H2,1-6H3.